The third-order valence-corrected chi connectivity index (χ3v) is 12.4. The molecule has 0 spiro atoms. The molecule has 6 nitrogen and oxygen atoms in total. The first kappa shape index (κ1) is 56.9. The molecule has 0 saturated carbocycles. The summed E-state index contributed by atoms with van der Waals surface area (Å²) >= 11 is 0. The summed E-state index contributed by atoms with van der Waals surface area (Å²) in [4.78, 5) is 26.1. The highest BCUT2D eigenvalue weighted by atomic mass is 16.5. The summed E-state index contributed by atoms with van der Waals surface area (Å²) in [6, 6.07) is -0.691. The first-order valence-electron chi connectivity index (χ1n) is 26.3. The molecule has 3 N–H and O–H groups in total. The molecular formula is C52H103NO5. The van der Waals surface area contributed by atoms with Gasteiger partial charge < -0.3 is 20.3 Å². The Balaban J connectivity index is 4.39. The minimum atomic E-state index is -0.779. The fourth-order valence-electron chi connectivity index (χ4n) is 8.43. The van der Waals surface area contributed by atoms with Gasteiger partial charge in [-0.3, -0.25) is 9.59 Å². The number of unbranched alkanes of at least 4 members (excludes halogenated alkanes) is 36. The number of carbonyl (C=O) groups excluding carboxylic acids is 2. The van der Waals surface area contributed by atoms with Crippen LogP contribution in [-0.4, -0.2) is 46.9 Å². The van der Waals surface area contributed by atoms with E-state index in [1.165, 1.54) is 205 Å². The number of aliphatic hydroxyl groups excluding tert-OH is 2. The summed E-state index contributed by atoms with van der Waals surface area (Å²) in [5, 5.41) is 23.8. The molecule has 0 radical (unpaired) electrons. The first-order chi connectivity index (χ1) is 28.5. The molecular weight excluding hydrogens is 719 g/mol. The third-order valence-electron chi connectivity index (χ3n) is 12.4. The van der Waals surface area contributed by atoms with Crippen LogP contribution in [0.3, 0.4) is 0 Å². The van der Waals surface area contributed by atoms with Crippen LogP contribution in [0.25, 0.3) is 0 Å². The molecule has 0 aromatic heterocycles. The van der Waals surface area contributed by atoms with E-state index < -0.39 is 18.2 Å². The van der Waals surface area contributed by atoms with Gasteiger partial charge in [-0.05, 0) is 25.7 Å². The van der Waals surface area contributed by atoms with Crippen LogP contribution >= 0.6 is 0 Å². The number of hydrogen-bond acceptors (Lipinski definition) is 5. The number of esters is 1. The fourth-order valence-corrected chi connectivity index (χ4v) is 8.43. The average molecular weight is 822 g/mol. The van der Waals surface area contributed by atoms with Crippen LogP contribution in [0, 0.1) is 0 Å². The van der Waals surface area contributed by atoms with Gasteiger partial charge in [-0.1, -0.05) is 258 Å². The minimum Gasteiger partial charge on any atom is -0.462 e. The number of rotatable bonds is 48. The molecule has 0 saturated heterocycles. The van der Waals surface area contributed by atoms with E-state index in [9.17, 15) is 19.8 Å². The maximum Gasteiger partial charge on any atom is 0.306 e. The van der Waals surface area contributed by atoms with Gasteiger partial charge in [0, 0.05) is 6.42 Å². The highest BCUT2D eigenvalue weighted by Crippen LogP contribution is 2.19. The van der Waals surface area contributed by atoms with Crippen LogP contribution in [0.15, 0.2) is 0 Å². The highest BCUT2D eigenvalue weighted by Gasteiger charge is 2.24. The zero-order chi connectivity index (χ0) is 42.4. The lowest BCUT2D eigenvalue weighted by Gasteiger charge is -2.24. The summed E-state index contributed by atoms with van der Waals surface area (Å²) in [6.45, 7) is 6.50. The Morgan fingerprint density at radius 3 is 1.05 bits per heavy atom. The van der Waals surface area contributed by atoms with Crippen molar-refractivity contribution in [2.45, 2.75) is 315 Å². The zero-order valence-electron chi connectivity index (χ0n) is 39.5. The Labute approximate surface area is 362 Å². The summed E-state index contributed by atoms with van der Waals surface area (Å²) in [5.74, 6) is -0.453. The van der Waals surface area contributed by atoms with E-state index in [-0.39, 0.29) is 24.9 Å². The SMILES string of the molecule is CCCCCCCCCCCCCCCCCCCC(O)C(CO)NC(=O)CC(CCCCCCCCCCCC)OC(=O)CCCCCCCCCCCCCC. The Bertz CT molecular complexity index is 837. The second-order valence-electron chi connectivity index (χ2n) is 18.3. The van der Waals surface area contributed by atoms with Gasteiger partial charge in [-0.25, -0.2) is 0 Å². The number of nitrogens with one attached hydrogen (secondary N) is 1. The molecule has 6 heteroatoms. The van der Waals surface area contributed by atoms with Crippen molar-refractivity contribution in [1.82, 2.24) is 5.32 Å². The van der Waals surface area contributed by atoms with Crippen LogP contribution in [0.5, 0.6) is 0 Å². The Kier molecular flexibility index (Phi) is 46.0. The Morgan fingerprint density at radius 1 is 0.431 bits per heavy atom. The number of carbonyl (C=O) groups is 2. The van der Waals surface area contributed by atoms with Gasteiger partial charge in [0.1, 0.15) is 6.10 Å². The molecule has 0 aliphatic rings. The number of amides is 1. The average Bonchev–Trinajstić information content (AvgIpc) is 3.22. The van der Waals surface area contributed by atoms with Gasteiger partial charge in [0.25, 0.3) is 0 Å². The monoisotopic (exact) mass is 822 g/mol. The van der Waals surface area contributed by atoms with Crippen molar-refractivity contribution in [1.29, 1.82) is 0 Å². The van der Waals surface area contributed by atoms with Crippen LogP contribution in [0.2, 0.25) is 0 Å². The van der Waals surface area contributed by atoms with Gasteiger partial charge in [-0.15, -0.1) is 0 Å². The molecule has 0 fully saturated rings. The van der Waals surface area contributed by atoms with Crippen LogP contribution in [0.4, 0.5) is 0 Å². The van der Waals surface area contributed by atoms with Crippen LogP contribution in [-0.2, 0) is 14.3 Å². The van der Waals surface area contributed by atoms with Gasteiger partial charge in [0.15, 0.2) is 0 Å². The largest absolute Gasteiger partial charge is 0.462 e. The molecule has 0 aromatic rings. The van der Waals surface area contributed by atoms with Crippen molar-refractivity contribution >= 4 is 11.9 Å². The summed E-state index contributed by atoms with van der Waals surface area (Å²) in [5.41, 5.74) is 0. The lowest BCUT2D eigenvalue weighted by atomic mass is 10.0. The smallest absolute Gasteiger partial charge is 0.306 e. The minimum absolute atomic E-state index is 0.0873. The van der Waals surface area contributed by atoms with Crippen LogP contribution < -0.4 is 5.32 Å². The number of ether oxygens (including phenoxy) is 1. The maximum absolute atomic E-state index is 13.2. The van der Waals surface area contributed by atoms with Crippen molar-refractivity contribution < 1.29 is 24.5 Å². The van der Waals surface area contributed by atoms with Gasteiger partial charge in [-0.2, -0.15) is 0 Å². The highest BCUT2D eigenvalue weighted by molar-refractivity contribution is 5.77. The van der Waals surface area contributed by atoms with Gasteiger partial charge in [0.05, 0.1) is 25.2 Å². The number of aliphatic hydroxyl groups is 2. The zero-order valence-corrected chi connectivity index (χ0v) is 39.5. The molecule has 0 aliphatic heterocycles. The van der Waals surface area contributed by atoms with Crippen molar-refractivity contribution in [3.63, 3.8) is 0 Å². The molecule has 0 heterocycles. The lowest BCUT2D eigenvalue weighted by Crippen LogP contribution is -2.46. The molecule has 0 aromatic carbocycles. The normalized spacial score (nSPS) is 13.1. The molecule has 1 amide bonds. The topological polar surface area (TPSA) is 95.9 Å². The van der Waals surface area contributed by atoms with E-state index in [0.717, 1.165) is 44.9 Å². The number of hydrogen-bond donors (Lipinski definition) is 3. The fraction of sp³-hybridized carbons (Fsp3) is 0.962. The summed E-state index contributed by atoms with van der Waals surface area (Å²) < 4.78 is 5.92. The van der Waals surface area contributed by atoms with Crippen molar-refractivity contribution in [3.8, 4) is 0 Å². The molecule has 0 aliphatic carbocycles. The van der Waals surface area contributed by atoms with E-state index >= 15 is 0 Å². The molecule has 3 atom stereocenters. The molecule has 58 heavy (non-hydrogen) atoms. The standard InChI is InChI=1S/C52H103NO5/c1-4-7-10-13-16-19-22-24-25-26-27-28-29-32-35-38-41-44-50(55)49(47-54)53-51(56)46-48(43-40-37-34-31-21-18-15-12-9-6-3)58-52(57)45-42-39-36-33-30-23-20-17-14-11-8-5-2/h48-50,54-55H,4-47H2,1-3H3,(H,53,56). The molecule has 3 unspecified atom stereocenters. The lowest BCUT2D eigenvalue weighted by molar-refractivity contribution is -0.151. The molecule has 0 rings (SSSR count). The molecule has 0 bridgehead atoms. The van der Waals surface area contributed by atoms with Gasteiger partial charge in [0.2, 0.25) is 5.91 Å². The van der Waals surface area contributed by atoms with E-state index in [1.807, 2.05) is 0 Å². The third kappa shape index (κ3) is 41.6. The van der Waals surface area contributed by atoms with E-state index in [1.54, 1.807) is 0 Å². The van der Waals surface area contributed by atoms with E-state index in [0.29, 0.717) is 19.3 Å². The van der Waals surface area contributed by atoms with Crippen molar-refractivity contribution in [2.75, 3.05) is 6.61 Å². The maximum atomic E-state index is 13.2. The van der Waals surface area contributed by atoms with E-state index in [2.05, 4.69) is 26.1 Å². The second-order valence-corrected chi connectivity index (χ2v) is 18.3. The Morgan fingerprint density at radius 2 is 0.724 bits per heavy atom. The predicted molar refractivity (Wildman–Crippen MR) is 250 cm³/mol. The Hall–Kier alpha value is -1.14. The molecule has 346 valence electrons. The van der Waals surface area contributed by atoms with Gasteiger partial charge >= 0.3 is 5.97 Å². The second kappa shape index (κ2) is 46.9. The van der Waals surface area contributed by atoms with Crippen LogP contribution in [0.1, 0.15) is 297 Å². The quantitative estimate of drug-likeness (QED) is 0.0420. The summed E-state index contributed by atoms with van der Waals surface area (Å²) in [6.07, 6.45) is 50.2. The summed E-state index contributed by atoms with van der Waals surface area (Å²) in [7, 11) is 0. The van der Waals surface area contributed by atoms with Crippen molar-refractivity contribution in [3.05, 3.63) is 0 Å². The van der Waals surface area contributed by atoms with Crippen molar-refractivity contribution in [2.24, 2.45) is 0 Å². The first-order valence-corrected chi connectivity index (χ1v) is 26.3. The predicted octanol–water partition coefficient (Wildman–Crippen LogP) is 15.6. The van der Waals surface area contributed by atoms with E-state index in [4.69, 9.17) is 4.74 Å².